The standard InChI is InChI=1S/C10H12O3S3/c1-7-6-9(16(11,12)13)4-5-10(7)15-8(2)14-3/h4-6H,2H2,1,3H3,(H,11,12,13). The highest BCUT2D eigenvalue weighted by atomic mass is 32.2. The summed E-state index contributed by atoms with van der Waals surface area (Å²) >= 11 is 3.02. The second kappa shape index (κ2) is 5.27. The number of benzene rings is 1. The topological polar surface area (TPSA) is 54.4 Å². The van der Waals surface area contributed by atoms with E-state index in [4.69, 9.17) is 4.55 Å². The lowest BCUT2D eigenvalue weighted by molar-refractivity contribution is 0.483. The van der Waals surface area contributed by atoms with Gasteiger partial charge >= 0.3 is 0 Å². The van der Waals surface area contributed by atoms with Gasteiger partial charge in [0.2, 0.25) is 0 Å². The Morgan fingerprint density at radius 3 is 2.50 bits per heavy atom. The maximum atomic E-state index is 10.9. The van der Waals surface area contributed by atoms with Crippen LogP contribution in [0, 0.1) is 6.92 Å². The number of aryl methyl sites for hydroxylation is 1. The second-order valence-corrected chi connectivity index (χ2v) is 6.80. The van der Waals surface area contributed by atoms with Crippen LogP contribution in [-0.4, -0.2) is 19.2 Å². The molecule has 0 atom stereocenters. The predicted octanol–water partition coefficient (Wildman–Crippen LogP) is 3.17. The molecule has 0 saturated carbocycles. The Morgan fingerprint density at radius 1 is 1.44 bits per heavy atom. The largest absolute Gasteiger partial charge is 0.294 e. The lowest BCUT2D eigenvalue weighted by Gasteiger charge is -2.07. The molecule has 0 spiro atoms. The van der Waals surface area contributed by atoms with E-state index < -0.39 is 10.1 Å². The van der Waals surface area contributed by atoms with Crippen molar-refractivity contribution >= 4 is 33.6 Å². The molecule has 0 amide bonds. The molecule has 1 rings (SSSR count). The molecule has 1 aromatic carbocycles. The Labute approximate surface area is 104 Å². The third-order valence-electron chi connectivity index (χ3n) is 1.90. The minimum absolute atomic E-state index is 0.0795. The summed E-state index contributed by atoms with van der Waals surface area (Å²) in [5.41, 5.74) is 0.801. The molecular formula is C10H12O3S3. The molecular weight excluding hydrogens is 264 g/mol. The first-order valence-corrected chi connectivity index (χ1v) is 7.81. The van der Waals surface area contributed by atoms with E-state index in [0.717, 1.165) is 14.7 Å². The van der Waals surface area contributed by atoms with Crippen molar-refractivity contribution in [2.24, 2.45) is 0 Å². The molecule has 1 N–H and O–H groups in total. The van der Waals surface area contributed by atoms with Gasteiger partial charge in [-0.25, -0.2) is 0 Å². The van der Waals surface area contributed by atoms with Crippen LogP contribution in [0.2, 0.25) is 0 Å². The van der Waals surface area contributed by atoms with E-state index in [1.807, 2.05) is 6.26 Å². The summed E-state index contributed by atoms with van der Waals surface area (Å²) in [6, 6.07) is 4.51. The highest BCUT2D eigenvalue weighted by Gasteiger charge is 2.11. The van der Waals surface area contributed by atoms with Gasteiger partial charge in [0.15, 0.2) is 0 Å². The van der Waals surface area contributed by atoms with Gasteiger partial charge in [-0.2, -0.15) is 8.42 Å². The summed E-state index contributed by atoms with van der Waals surface area (Å²) in [5.74, 6) is 0. The normalized spacial score (nSPS) is 11.4. The molecule has 0 aliphatic heterocycles. The second-order valence-electron chi connectivity index (χ2n) is 3.08. The molecule has 0 aliphatic carbocycles. The molecule has 0 saturated heterocycles. The maximum absolute atomic E-state index is 10.9. The fraction of sp³-hybridized carbons (Fsp3) is 0.200. The van der Waals surface area contributed by atoms with Crippen LogP contribution >= 0.6 is 23.5 Å². The van der Waals surface area contributed by atoms with Crippen molar-refractivity contribution in [3.8, 4) is 0 Å². The monoisotopic (exact) mass is 276 g/mol. The van der Waals surface area contributed by atoms with Gasteiger partial charge in [-0.15, -0.1) is 11.8 Å². The van der Waals surface area contributed by atoms with Gasteiger partial charge in [0.25, 0.3) is 10.1 Å². The van der Waals surface area contributed by atoms with Crippen molar-refractivity contribution in [1.29, 1.82) is 0 Å². The fourth-order valence-electron chi connectivity index (χ4n) is 1.06. The van der Waals surface area contributed by atoms with E-state index in [1.165, 1.54) is 35.7 Å². The molecule has 6 heteroatoms. The number of hydrogen-bond acceptors (Lipinski definition) is 4. The Hall–Kier alpha value is -0.430. The molecule has 16 heavy (non-hydrogen) atoms. The summed E-state index contributed by atoms with van der Waals surface area (Å²) in [4.78, 5) is 0.857. The molecule has 0 aliphatic rings. The van der Waals surface area contributed by atoms with E-state index in [-0.39, 0.29) is 4.90 Å². The van der Waals surface area contributed by atoms with E-state index >= 15 is 0 Å². The van der Waals surface area contributed by atoms with Crippen molar-refractivity contribution in [1.82, 2.24) is 0 Å². The van der Waals surface area contributed by atoms with Gasteiger partial charge in [0, 0.05) is 9.13 Å². The van der Waals surface area contributed by atoms with Gasteiger partial charge in [-0.05, 0) is 36.9 Å². The number of thioether (sulfide) groups is 2. The van der Waals surface area contributed by atoms with Crippen molar-refractivity contribution in [2.75, 3.05) is 6.26 Å². The number of hydrogen-bond donors (Lipinski definition) is 1. The summed E-state index contributed by atoms with van der Waals surface area (Å²) in [6.45, 7) is 5.64. The van der Waals surface area contributed by atoms with Crippen molar-refractivity contribution in [2.45, 2.75) is 16.7 Å². The average Bonchev–Trinajstić information content (AvgIpc) is 2.19. The van der Waals surface area contributed by atoms with E-state index in [1.54, 1.807) is 13.0 Å². The third kappa shape index (κ3) is 3.55. The summed E-state index contributed by atoms with van der Waals surface area (Å²) in [7, 11) is -4.11. The number of rotatable bonds is 4. The molecule has 0 heterocycles. The average molecular weight is 276 g/mol. The van der Waals surface area contributed by atoms with Crippen LogP contribution in [0.15, 0.2) is 38.8 Å². The highest BCUT2D eigenvalue weighted by Crippen LogP contribution is 2.34. The van der Waals surface area contributed by atoms with E-state index in [2.05, 4.69) is 6.58 Å². The molecule has 0 unspecified atom stereocenters. The SMILES string of the molecule is C=C(SC)Sc1ccc(S(=O)(=O)O)cc1C. The van der Waals surface area contributed by atoms with Gasteiger partial charge in [-0.1, -0.05) is 18.3 Å². The van der Waals surface area contributed by atoms with Crippen molar-refractivity contribution < 1.29 is 13.0 Å². The van der Waals surface area contributed by atoms with Gasteiger partial charge in [0.05, 0.1) is 4.90 Å². The van der Waals surface area contributed by atoms with Crippen LogP contribution in [0.25, 0.3) is 0 Å². The molecule has 0 bridgehead atoms. The zero-order valence-electron chi connectivity index (χ0n) is 8.93. The van der Waals surface area contributed by atoms with Crippen LogP contribution in [0.4, 0.5) is 0 Å². The summed E-state index contributed by atoms with van der Waals surface area (Å²) < 4.78 is 31.6. The Kier molecular flexibility index (Phi) is 4.49. The smallest absolute Gasteiger partial charge is 0.282 e. The lowest BCUT2D eigenvalue weighted by Crippen LogP contribution is -1.98. The molecule has 0 fully saturated rings. The van der Waals surface area contributed by atoms with Gasteiger partial charge in [-0.3, -0.25) is 4.55 Å². The summed E-state index contributed by atoms with van der Waals surface area (Å²) in [5, 5.41) is 0. The van der Waals surface area contributed by atoms with E-state index in [9.17, 15) is 8.42 Å². The molecule has 3 nitrogen and oxygen atoms in total. The van der Waals surface area contributed by atoms with Crippen molar-refractivity contribution in [3.63, 3.8) is 0 Å². The first kappa shape index (κ1) is 13.6. The summed E-state index contributed by atoms with van der Waals surface area (Å²) in [6.07, 6.45) is 1.93. The third-order valence-corrected chi connectivity index (χ3v) is 4.86. The van der Waals surface area contributed by atoms with Gasteiger partial charge < -0.3 is 0 Å². The predicted molar refractivity (Wildman–Crippen MR) is 69.5 cm³/mol. The quantitative estimate of drug-likeness (QED) is 0.676. The Balaban J connectivity index is 3.06. The zero-order chi connectivity index (χ0) is 12.3. The Morgan fingerprint density at radius 2 is 2.06 bits per heavy atom. The molecule has 0 radical (unpaired) electrons. The Bertz CT molecular complexity index is 506. The minimum atomic E-state index is -4.11. The van der Waals surface area contributed by atoms with E-state index in [0.29, 0.717) is 0 Å². The fourth-order valence-corrected chi connectivity index (χ4v) is 2.83. The molecule has 88 valence electrons. The minimum Gasteiger partial charge on any atom is -0.282 e. The highest BCUT2D eigenvalue weighted by molar-refractivity contribution is 8.22. The molecule has 1 aromatic rings. The molecule has 0 aromatic heterocycles. The van der Waals surface area contributed by atoms with Gasteiger partial charge in [0.1, 0.15) is 0 Å². The first-order valence-electron chi connectivity index (χ1n) is 4.33. The van der Waals surface area contributed by atoms with Crippen LogP contribution in [-0.2, 0) is 10.1 Å². The zero-order valence-corrected chi connectivity index (χ0v) is 11.4. The lowest BCUT2D eigenvalue weighted by atomic mass is 10.2. The van der Waals surface area contributed by atoms with Crippen LogP contribution in [0.5, 0.6) is 0 Å². The van der Waals surface area contributed by atoms with Crippen LogP contribution in [0.3, 0.4) is 0 Å². The first-order chi connectivity index (χ1) is 7.34. The van der Waals surface area contributed by atoms with Crippen LogP contribution < -0.4 is 0 Å². The van der Waals surface area contributed by atoms with Crippen LogP contribution in [0.1, 0.15) is 5.56 Å². The van der Waals surface area contributed by atoms with Crippen molar-refractivity contribution in [3.05, 3.63) is 34.6 Å². The maximum Gasteiger partial charge on any atom is 0.294 e.